The van der Waals surface area contributed by atoms with Crippen molar-refractivity contribution < 1.29 is 27.9 Å². The van der Waals surface area contributed by atoms with Gasteiger partial charge in [-0.2, -0.15) is 4.31 Å². The van der Waals surface area contributed by atoms with Crippen LogP contribution in [0.15, 0.2) is 47.4 Å². The number of alkyl carbamates (subject to hydrolysis) is 1. The molecule has 1 heterocycles. The zero-order valence-electron chi connectivity index (χ0n) is 23.9. The van der Waals surface area contributed by atoms with Gasteiger partial charge in [-0.15, -0.1) is 0 Å². The summed E-state index contributed by atoms with van der Waals surface area (Å²) in [6, 6.07) is 11.5. The average molecular weight is 606 g/mol. The number of hydrogen-bond acceptors (Lipinski definition) is 6. The van der Waals surface area contributed by atoms with Crippen LogP contribution in [0.3, 0.4) is 0 Å². The Kier molecular flexibility index (Phi) is 10.2. The number of nitrogens with one attached hydrogen (secondary N) is 1. The highest BCUT2D eigenvalue weighted by Crippen LogP contribution is 2.42. The number of carbonyl (C=O) groups excluding carboxylic acids is 1. The zero-order valence-corrected chi connectivity index (χ0v) is 25.5. The minimum atomic E-state index is -3.90. The third kappa shape index (κ3) is 7.34. The molecule has 41 heavy (non-hydrogen) atoms. The zero-order chi connectivity index (χ0) is 29.7. The molecule has 2 N–H and O–H groups in total. The third-order valence-electron chi connectivity index (χ3n) is 8.01. The Morgan fingerprint density at radius 1 is 1.12 bits per heavy atom. The number of amides is 1. The van der Waals surface area contributed by atoms with Crippen molar-refractivity contribution in [3.8, 4) is 0 Å². The molecule has 2 aliphatic rings. The predicted octanol–water partition coefficient (Wildman–Crippen LogP) is 5.83. The van der Waals surface area contributed by atoms with Gasteiger partial charge in [-0.05, 0) is 67.3 Å². The molecule has 0 saturated heterocycles. The summed E-state index contributed by atoms with van der Waals surface area (Å²) in [7, 11) is -2.24. The number of sulfonamides is 1. The van der Waals surface area contributed by atoms with Crippen LogP contribution in [0.4, 0.5) is 16.2 Å². The lowest BCUT2D eigenvalue weighted by Crippen LogP contribution is -2.46. The third-order valence-corrected chi connectivity index (χ3v) is 10.3. The van der Waals surface area contributed by atoms with E-state index < -0.39 is 28.1 Å². The molecule has 2 aromatic carbocycles. The first-order valence-corrected chi connectivity index (χ1v) is 16.1. The van der Waals surface area contributed by atoms with E-state index >= 15 is 0 Å². The van der Waals surface area contributed by atoms with E-state index in [4.69, 9.17) is 16.3 Å². The molecular formula is C30H40ClN3O6S. The quantitative estimate of drug-likeness (QED) is 0.369. The Balaban J connectivity index is 1.67. The van der Waals surface area contributed by atoms with Crippen molar-refractivity contribution in [1.29, 1.82) is 0 Å². The van der Waals surface area contributed by atoms with E-state index in [2.05, 4.69) is 5.32 Å². The van der Waals surface area contributed by atoms with Crippen LogP contribution < -0.4 is 10.2 Å². The number of hydrogen-bond donors (Lipinski definition) is 2. The second-order valence-corrected chi connectivity index (χ2v) is 13.8. The van der Waals surface area contributed by atoms with E-state index in [0.717, 1.165) is 31.4 Å². The molecule has 11 heteroatoms. The van der Waals surface area contributed by atoms with E-state index in [1.165, 1.54) is 10.7 Å². The maximum Gasteiger partial charge on any atom is 0.407 e. The van der Waals surface area contributed by atoms with Gasteiger partial charge in [0.05, 0.1) is 12.3 Å². The van der Waals surface area contributed by atoms with Gasteiger partial charge in [0.25, 0.3) is 0 Å². The van der Waals surface area contributed by atoms with Gasteiger partial charge in [-0.25, -0.2) is 18.0 Å². The lowest BCUT2D eigenvalue weighted by atomic mass is 9.83. The summed E-state index contributed by atoms with van der Waals surface area (Å²) in [5.74, 6) is -0.859. The van der Waals surface area contributed by atoms with Crippen LogP contribution in [0.2, 0.25) is 5.02 Å². The molecule has 1 fully saturated rings. The summed E-state index contributed by atoms with van der Waals surface area (Å²) in [6.45, 7) is 4.42. The topological polar surface area (TPSA) is 116 Å². The van der Waals surface area contributed by atoms with Gasteiger partial charge in [-0.1, -0.05) is 62.9 Å². The van der Waals surface area contributed by atoms with Crippen molar-refractivity contribution in [2.75, 3.05) is 25.1 Å². The molecule has 0 unspecified atom stereocenters. The molecule has 0 radical (unpaired) electrons. The maximum atomic E-state index is 14.1. The van der Waals surface area contributed by atoms with Gasteiger partial charge in [0.2, 0.25) is 10.0 Å². The van der Waals surface area contributed by atoms with Crippen molar-refractivity contribution in [3.05, 3.63) is 53.1 Å². The molecular weight excluding hydrogens is 566 g/mol. The summed E-state index contributed by atoms with van der Waals surface area (Å²) in [5.41, 5.74) is 1.87. The highest BCUT2D eigenvalue weighted by molar-refractivity contribution is 7.89. The summed E-state index contributed by atoms with van der Waals surface area (Å²) in [6.07, 6.45) is 4.66. The van der Waals surface area contributed by atoms with Gasteiger partial charge in [0.15, 0.2) is 0 Å². The monoisotopic (exact) mass is 605 g/mol. The minimum absolute atomic E-state index is 0.00754. The standard InChI is InChI=1S/C30H40ClN3O6S/c1-20(2)19-40-30(37)32-25(29(35)36)15-14-22-16-28-26(17-24(22)31)34(23-12-8-5-9-13-23)18-27(33(3)41(28,38)39)21-10-6-4-7-11-21/h5,8-9,12-13,16-17,20-21,25,27H,4,6-7,10-11,14-15,18-19H2,1-3H3,(H,32,37)(H,35,36)/t25-,27-/m0/s1. The SMILES string of the molecule is CC(C)COC(=O)N[C@@H](CCc1cc2c(cc1Cl)N(c1ccccc1)C[C@@H](C1CCCCC1)N(C)S2(=O)=O)C(=O)O. The number of likely N-dealkylation sites (N-methyl/N-ethyl adjacent to an activating group) is 1. The molecule has 0 spiro atoms. The van der Waals surface area contributed by atoms with Crippen LogP contribution in [0.5, 0.6) is 0 Å². The molecule has 2 aromatic rings. The summed E-state index contributed by atoms with van der Waals surface area (Å²) in [5, 5.41) is 12.4. The molecule has 9 nitrogen and oxygen atoms in total. The number of ether oxygens (including phenoxy) is 1. The maximum absolute atomic E-state index is 14.1. The largest absolute Gasteiger partial charge is 0.480 e. The fraction of sp³-hybridized carbons (Fsp3) is 0.533. The molecule has 1 aliphatic heterocycles. The minimum Gasteiger partial charge on any atom is -0.480 e. The van der Waals surface area contributed by atoms with Crippen LogP contribution in [0.1, 0.15) is 57.9 Å². The number of benzene rings is 2. The first kappa shape index (κ1) is 31.1. The van der Waals surface area contributed by atoms with Crippen LogP contribution >= 0.6 is 11.6 Å². The Bertz CT molecular complexity index is 1330. The van der Waals surface area contributed by atoms with Crippen LogP contribution in [-0.2, 0) is 26.0 Å². The van der Waals surface area contributed by atoms with Crippen molar-refractivity contribution in [1.82, 2.24) is 9.62 Å². The highest BCUT2D eigenvalue weighted by atomic mass is 35.5. The molecule has 4 rings (SSSR count). The Morgan fingerprint density at radius 2 is 1.80 bits per heavy atom. The van der Waals surface area contributed by atoms with E-state index in [-0.39, 0.29) is 42.2 Å². The molecule has 2 atom stereocenters. The summed E-state index contributed by atoms with van der Waals surface area (Å²) in [4.78, 5) is 26.2. The second kappa shape index (κ2) is 13.4. The number of halogens is 1. The number of carboxylic acid groups (broad SMARTS) is 1. The van der Waals surface area contributed by atoms with E-state index in [0.29, 0.717) is 22.8 Å². The van der Waals surface area contributed by atoms with Crippen LogP contribution in [0, 0.1) is 11.8 Å². The number of aliphatic carboxylic acids is 1. The van der Waals surface area contributed by atoms with Gasteiger partial charge < -0.3 is 20.1 Å². The summed E-state index contributed by atoms with van der Waals surface area (Å²) < 4.78 is 34.8. The Labute approximate surface area is 247 Å². The Morgan fingerprint density at radius 3 is 2.44 bits per heavy atom. The number of rotatable bonds is 9. The lowest BCUT2D eigenvalue weighted by Gasteiger charge is -2.36. The van der Waals surface area contributed by atoms with E-state index in [1.54, 1.807) is 19.2 Å². The molecule has 0 bridgehead atoms. The molecule has 1 amide bonds. The van der Waals surface area contributed by atoms with Gasteiger partial charge in [0, 0.05) is 30.3 Å². The average Bonchev–Trinajstić information content (AvgIpc) is 3.03. The molecule has 0 aromatic heterocycles. The number of fused-ring (bicyclic) bond motifs is 1. The van der Waals surface area contributed by atoms with E-state index in [9.17, 15) is 23.1 Å². The Hall–Kier alpha value is -2.82. The number of aryl methyl sites for hydroxylation is 1. The van der Waals surface area contributed by atoms with Crippen molar-refractivity contribution >= 4 is 45.1 Å². The number of anilines is 2. The molecule has 224 valence electrons. The van der Waals surface area contributed by atoms with Crippen molar-refractivity contribution in [2.45, 2.75) is 75.8 Å². The number of carbonyl (C=O) groups is 2. The lowest BCUT2D eigenvalue weighted by molar-refractivity contribution is -0.139. The van der Waals surface area contributed by atoms with Crippen molar-refractivity contribution in [3.63, 3.8) is 0 Å². The van der Waals surface area contributed by atoms with Gasteiger partial charge in [-0.3, -0.25) is 0 Å². The van der Waals surface area contributed by atoms with Crippen LogP contribution in [0.25, 0.3) is 0 Å². The van der Waals surface area contributed by atoms with E-state index in [1.807, 2.05) is 49.1 Å². The predicted molar refractivity (Wildman–Crippen MR) is 159 cm³/mol. The first-order chi connectivity index (χ1) is 19.5. The fourth-order valence-electron chi connectivity index (χ4n) is 5.73. The van der Waals surface area contributed by atoms with Crippen LogP contribution in [-0.4, -0.2) is 62.2 Å². The normalized spacial score (nSPS) is 20.2. The van der Waals surface area contributed by atoms with Gasteiger partial charge >= 0.3 is 12.1 Å². The van der Waals surface area contributed by atoms with Gasteiger partial charge in [0.1, 0.15) is 10.9 Å². The van der Waals surface area contributed by atoms with Crippen molar-refractivity contribution in [2.24, 2.45) is 11.8 Å². The highest BCUT2D eigenvalue weighted by Gasteiger charge is 2.41. The molecule has 1 aliphatic carbocycles. The molecule has 1 saturated carbocycles. The number of carboxylic acids is 1. The smallest absolute Gasteiger partial charge is 0.407 e. The fourth-order valence-corrected chi connectivity index (χ4v) is 7.61. The number of nitrogens with zero attached hydrogens (tertiary/aromatic N) is 2. The second-order valence-electron chi connectivity index (χ2n) is 11.4. The summed E-state index contributed by atoms with van der Waals surface area (Å²) >= 11 is 6.74. The number of para-hydroxylation sites is 1. The first-order valence-electron chi connectivity index (χ1n) is 14.3.